The highest BCUT2D eigenvalue weighted by Crippen LogP contribution is 2.37. The Labute approximate surface area is 200 Å². The average molecular weight is 437 g/mol. The molecule has 34 heavy (non-hydrogen) atoms. The maximum Gasteiger partial charge on any atom is 0.150 e. The molecule has 0 heterocycles. The van der Waals surface area contributed by atoms with E-state index in [2.05, 4.69) is 115 Å². The molecular weight excluding hydrogens is 412 g/mol. The van der Waals surface area contributed by atoms with Gasteiger partial charge in [0.05, 0.1) is 0 Å². The fraction of sp³-hybridized carbons (Fsp3) is 0. The molecule has 0 radical (unpaired) electrons. The van der Waals surface area contributed by atoms with E-state index in [1.807, 2.05) is 24.3 Å². The van der Waals surface area contributed by atoms with E-state index in [0.29, 0.717) is 5.56 Å². The highest BCUT2D eigenvalue weighted by molar-refractivity contribution is 6.04. The summed E-state index contributed by atoms with van der Waals surface area (Å²) in [5, 5.41) is 0. The SMILES string of the molecule is O=Cc1ccc(-c2ccc(C(=C(c3ccccc3)c3ccccc3)c3ccccc3)cc2)cc1. The molecule has 5 rings (SSSR count). The van der Waals surface area contributed by atoms with Gasteiger partial charge in [0.15, 0.2) is 0 Å². The Morgan fingerprint density at radius 1 is 0.382 bits per heavy atom. The Hall–Kier alpha value is -4.49. The zero-order valence-electron chi connectivity index (χ0n) is 18.8. The van der Waals surface area contributed by atoms with E-state index in [1.54, 1.807) is 0 Å². The van der Waals surface area contributed by atoms with Gasteiger partial charge in [-0.1, -0.05) is 140 Å². The summed E-state index contributed by atoms with van der Waals surface area (Å²) < 4.78 is 0. The zero-order valence-corrected chi connectivity index (χ0v) is 18.8. The van der Waals surface area contributed by atoms with Gasteiger partial charge in [-0.2, -0.15) is 0 Å². The topological polar surface area (TPSA) is 17.1 Å². The van der Waals surface area contributed by atoms with Crippen molar-refractivity contribution >= 4 is 17.4 Å². The highest BCUT2D eigenvalue weighted by Gasteiger charge is 2.16. The van der Waals surface area contributed by atoms with Crippen LogP contribution in [0.4, 0.5) is 0 Å². The van der Waals surface area contributed by atoms with E-state index in [1.165, 1.54) is 27.8 Å². The molecule has 0 aliphatic rings. The van der Waals surface area contributed by atoms with E-state index in [9.17, 15) is 4.79 Å². The molecule has 0 N–H and O–H groups in total. The monoisotopic (exact) mass is 436 g/mol. The van der Waals surface area contributed by atoms with Crippen LogP contribution in [0.1, 0.15) is 32.6 Å². The van der Waals surface area contributed by atoms with Crippen LogP contribution in [0.25, 0.3) is 22.3 Å². The molecule has 0 atom stereocenters. The van der Waals surface area contributed by atoms with Gasteiger partial charge in [-0.15, -0.1) is 0 Å². The van der Waals surface area contributed by atoms with Crippen LogP contribution in [0.2, 0.25) is 0 Å². The van der Waals surface area contributed by atoms with E-state index in [4.69, 9.17) is 0 Å². The molecule has 0 aromatic heterocycles. The highest BCUT2D eigenvalue weighted by atomic mass is 16.1. The van der Waals surface area contributed by atoms with Crippen molar-refractivity contribution in [2.45, 2.75) is 0 Å². The second-order valence-electron chi connectivity index (χ2n) is 8.17. The van der Waals surface area contributed by atoms with Crippen molar-refractivity contribution in [2.75, 3.05) is 0 Å². The predicted octanol–water partition coefficient (Wildman–Crippen LogP) is 8.17. The summed E-state index contributed by atoms with van der Waals surface area (Å²) in [4.78, 5) is 11.0. The lowest BCUT2D eigenvalue weighted by molar-refractivity contribution is 0.112. The molecule has 0 amide bonds. The molecule has 0 aliphatic heterocycles. The maximum absolute atomic E-state index is 11.0. The molecule has 0 spiro atoms. The second kappa shape index (κ2) is 9.97. The Bertz CT molecular complexity index is 1360. The second-order valence-corrected chi connectivity index (χ2v) is 8.17. The van der Waals surface area contributed by atoms with E-state index in [-0.39, 0.29) is 0 Å². The van der Waals surface area contributed by atoms with Gasteiger partial charge in [-0.25, -0.2) is 0 Å². The van der Waals surface area contributed by atoms with Crippen molar-refractivity contribution in [1.82, 2.24) is 0 Å². The number of aldehydes is 1. The first kappa shape index (κ1) is 21.4. The predicted molar refractivity (Wildman–Crippen MR) is 142 cm³/mol. The molecule has 0 bridgehead atoms. The van der Waals surface area contributed by atoms with Crippen LogP contribution in [0.3, 0.4) is 0 Å². The smallest absolute Gasteiger partial charge is 0.150 e. The quantitative estimate of drug-likeness (QED) is 0.194. The first-order valence-corrected chi connectivity index (χ1v) is 11.4. The Kier molecular flexibility index (Phi) is 6.27. The number of benzene rings is 5. The van der Waals surface area contributed by atoms with Crippen LogP contribution in [-0.2, 0) is 0 Å². The summed E-state index contributed by atoms with van der Waals surface area (Å²) in [6.45, 7) is 0. The fourth-order valence-corrected chi connectivity index (χ4v) is 4.31. The van der Waals surface area contributed by atoms with Crippen molar-refractivity contribution in [3.63, 3.8) is 0 Å². The van der Waals surface area contributed by atoms with Crippen LogP contribution >= 0.6 is 0 Å². The van der Waals surface area contributed by atoms with Crippen molar-refractivity contribution in [3.8, 4) is 11.1 Å². The number of hydrogen-bond donors (Lipinski definition) is 0. The van der Waals surface area contributed by atoms with Crippen molar-refractivity contribution < 1.29 is 4.79 Å². The largest absolute Gasteiger partial charge is 0.298 e. The maximum atomic E-state index is 11.0. The van der Waals surface area contributed by atoms with Gasteiger partial charge >= 0.3 is 0 Å². The lowest BCUT2D eigenvalue weighted by atomic mass is 9.85. The third-order valence-electron chi connectivity index (χ3n) is 5.99. The Morgan fingerprint density at radius 2 is 0.706 bits per heavy atom. The van der Waals surface area contributed by atoms with Crippen molar-refractivity contribution in [1.29, 1.82) is 0 Å². The van der Waals surface area contributed by atoms with Crippen LogP contribution in [0.5, 0.6) is 0 Å². The molecule has 5 aromatic rings. The first-order chi connectivity index (χ1) is 16.8. The van der Waals surface area contributed by atoms with Gasteiger partial charge in [-0.05, 0) is 44.5 Å². The lowest BCUT2D eigenvalue weighted by Gasteiger charge is -2.18. The Morgan fingerprint density at radius 3 is 1.06 bits per heavy atom. The normalized spacial score (nSPS) is 10.5. The fourth-order valence-electron chi connectivity index (χ4n) is 4.31. The summed E-state index contributed by atoms with van der Waals surface area (Å²) in [6.07, 6.45) is 0.874. The molecule has 0 saturated carbocycles. The van der Waals surface area contributed by atoms with Gasteiger partial charge < -0.3 is 0 Å². The summed E-state index contributed by atoms with van der Waals surface area (Å²) >= 11 is 0. The summed E-state index contributed by atoms with van der Waals surface area (Å²) in [5.74, 6) is 0. The number of carbonyl (C=O) groups is 1. The van der Waals surface area contributed by atoms with E-state index < -0.39 is 0 Å². The van der Waals surface area contributed by atoms with Crippen LogP contribution < -0.4 is 0 Å². The molecule has 1 nitrogen and oxygen atoms in total. The average Bonchev–Trinajstić information content (AvgIpc) is 2.93. The van der Waals surface area contributed by atoms with Gasteiger partial charge in [0.25, 0.3) is 0 Å². The molecule has 0 aliphatic carbocycles. The summed E-state index contributed by atoms with van der Waals surface area (Å²) in [7, 11) is 0. The standard InChI is InChI=1S/C33H24O/c34-24-25-16-18-26(19-17-25)27-20-22-31(23-21-27)33(30-14-8-3-9-15-30)32(28-10-4-1-5-11-28)29-12-6-2-7-13-29/h1-24H. The van der Waals surface area contributed by atoms with Crippen LogP contribution in [0.15, 0.2) is 140 Å². The third-order valence-corrected chi connectivity index (χ3v) is 5.99. The van der Waals surface area contributed by atoms with Crippen LogP contribution in [-0.4, -0.2) is 6.29 Å². The third kappa shape index (κ3) is 4.51. The van der Waals surface area contributed by atoms with Gasteiger partial charge in [0.2, 0.25) is 0 Å². The lowest BCUT2D eigenvalue weighted by Crippen LogP contribution is -1.97. The molecule has 5 aromatic carbocycles. The first-order valence-electron chi connectivity index (χ1n) is 11.4. The molecular formula is C33H24O. The molecule has 0 saturated heterocycles. The van der Waals surface area contributed by atoms with Crippen molar-refractivity contribution in [2.24, 2.45) is 0 Å². The van der Waals surface area contributed by atoms with E-state index >= 15 is 0 Å². The van der Waals surface area contributed by atoms with Gasteiger partial charge in [0, 0.05) is 5.56 Å². The minimum atomic E-state index is 0.685. The minimum Gasteiger partial charge on any atom is -0.298 e. The van der Waals surface area contributed by atoms with E-state index in [0.717, 1.165) is 23.0 Å². The summed E-state index contributed by atoms with van der Waals surface area (Å²) in [5.41, 5.74) is 9.99. The van der Waals surface area contributed by atoms with Crippen molar-refractivity contribution in [3.05, 3.63) is 167 Å². The number of hydrogen-bond acceptors (Lipinski definition) is 1. The number of carbonyl (C=O) groups excluding carboxylic acids is 1. The van der Waals surface area contributed by atoms with Gasteiger partial charge in [-0.3, -0.25) is 4.79 Å². The number of rotatable bonds is 6. The minimum absolute atomic E-state index is 0.685. The van der Waals surface area contributed by atoms with Crippen LogP contribution in [0, 0.1) is 0 Å². The zero-order chi connectivity index (χ0) is 23.2. The molecule has 1 heteroatoms. The summed E-state index contributed by atoms with van der Waals surface area (Å²) in [6, 6.07) is 48.1. The van der Waals surface area contributed by atoms with Gasteiger partial charge in [0.1, 0.15) is 6.29 Å². The molecule has 0 unspecified atom stereocenters. The molecule has 162 valence electrons. The Balaban J connectivity index is 1.71. The molecule has 0 fully saturated rings.